The van der Waals surface area contributed by atoms with Gasteiger partial charge in [0.2, 0.25) is 10.0 Å². The van der Waals surface area contributed by atoms with Crippen molar-refractivity contribution in [2.24, 2.45) is 0 Å². The van der Waals surface area contributed by atoms with Crippen molar-refractivity contribution in [2.75, 3.05) is 5.73 Å². The highest BCUT2D eigenvalue weighted by atomic mass is 32.2. The van der Waals surface area contributed by atoms with Crippen LogP contribution in [0, 0.1) is 12.7 Å². The predicted octanol–water partition coefficient (Wildman–Crippen LogP) is 1.54. The zero-order chi connectivity index (χ0) is 15.9. The van der Waals surface area contributed by atoms with Crippen molar-refractivity contribution >= 4 is 15.7 Å². The van der Waals surface area contributed by atoms with Crippen LogP contribution in [-0.4, -0.2) is 24.7 Å². The predicted molar refractivity (Wildman–Crippen MR) is 76.2 cm³/mol. The summed E-state index contributed by atoms with van der Waals surface area (Å²) in [6.07, 6.45) is 0. The fraction of sp³-hybridized carbons (Fsp3) is 0.538. The van der Waals surface area contributed by atoms with Crippen LogP contribution in [0.1, 0.15) is 33.3 Å². The smallest absolute Gasteiger partial charge is 0.241 e. The molecule has 0 bridgehead atoms. The van der Waals surface area contributed by atoms with E-state index in [9.17, 15) is 17.9 Å². The molecule has 4 N–H and O–H groups in total. The van der Waals surface area contributed by atoms with E-state index in [0.717, 1.165) is 6.07 Å². The molecule has 1 aromatic carbocycles. The first-order chi connectivity index (χ1) is 8.78. The number of nitrogen functional groups attached to an aromatic ring is 1. The second-order valence-corrected chi connectivity index (χ2v) is 7.59. The highest BCUT2D eigenvalue weighted by molar-refractivity contribution is 7.89. The Morgan fingerprint density at radius 3 is 2.15 bits per heavy atom. The molecule has 0 amide bonds. The number of anilines is 1. The minimum absolute atomic E-state index is 0.0615. The van der Waals surface area contributed by atoms with Crippen LogP contribution in [0.15, 0.2) is 17.0 Å². The summed E-state index contributed by atoms with van der Waals surface area (Å²) < 4.78 is 40.5. The van der Waals surface area contributed by atoms with Crippen LogP contribution >= 0.6 is 0 Å². The first kappa shape index (κ1) is 16.9. The fourth-order valence-corrected chi connectivity index (χ4v) is 2.93. The maximum atomic E-state index is 13.6. The van der Waals surface area contributed by atoms with E-state index in [-0.39, 0.29) is 16.1 Å². The fourth-order valence-electron chi connectivity index (χ4n) is 1.35. The second-order valence-electron chi connectivity index (χ2n) is 5.91. The Balaban J connectivity index is 3.26. The molecule has 0 saturated carbocycles. The van der Waals surface area contributed by atoms with E-state index in [0.29, 0.717) is 0 Å². The van der Waals surface area contributed by atoms with Crippen molar-refractivity contribution in [2.45, 2.75) is 50.7 Å². The summed E-state index contributed by atoms with van der Waals surface area (Å²) in [5, 5.41) is 9.98. The quantitative estimate of drug-likeness (QED) is 0.736. The van der Waals surface area contributed by atoms with E-state index in [1.54, 1.807) is 13.8 Å². The Hall–Kier alpha value is -1.18. The third kappa shape index (κ3) is 3.28. The average molecular weight is 304 g/mol. The summed E-state index contributed by atoms with van der Waals surface area (Å²) >= 11 is 0. The molecule has 0 radical (unpaired) electrons. The summed E-state index contributed by atoms with van der Waals surface area (Å²) in [6.45, 7) is 7.52. The van der Waals surface area contributed by atoms with Gasteiger partial charge in [-0.05, 0) is 46.8 Å². The summed E-state index contributed by atoms with van der Waals surface area (Å²) in [5.74, 6) is -0.688. The molecule has 0 aliphatic rings. The lowest BCUT2D eigenvalue weighted by molar-refractivity contribution is 0.00639. The number of hydrogen-bond acceptors (Lipinski definition) is 4. The third-order valence-electron chi connectivity index (χ3n) is 3.59. The number of aliphatic hydroxyl groups is 1. The van der Waals surface area contributed by atoms with Crippen LogP contribution in [0.3, 0.4) is 0 Å². The van der Waals surface area contributed by atoms with Crippen LogP contribution in [0.5, 0.6) is 0 Å². The van der Waals surface area contributed by atoms with Crippen molar-refractivity contribution < 1.29 is 17.9 Å². The Bertz CT molecular complexity index is 596. The number of rotatable bonds is 4. The zero-order valence-electron chi connectivity index (χ0n) is 12.3. The van der Waals surface area contributed by atoms with Gasteiger partial charge >= 0.3 is 0 Å². The molecule has 0 fully saturated rings. The molecular weight excluding hydrogens is 283 g/mol. The normalized spacial score (nSPS) is 13.6. The van der Waals surface area contributed by atoms with E-state index in [1.165, 1.54) is 26.8 Å². The van der Waals surface area contributed by atoms with Crippen molar-refractivity contribution in [1.29, 1.82) is 0 Å². The van der Waals surface area contributed by atoms with E-state index in [1.807, 2.05) is 0 Å². The highest BCUT2D eigenvalue weighted by Crippen LogP contribution is 2.26. The number of benzene rings is 1. The number of halogens is 1. The van der Waals surface area contributed by atoms with Crippen LogP contribution in [0.4, 0.5) is 10.1 Å². The van der Waals surface area contributed by atoms with Crippen LogP contribution < -0.4 is 10.5 Å². The summed E-state index contributed by atoms with van der Waals surface area (Å²) in [4.78, 5) is -0.268. The van der Waals surface area contributed by atoms with Gasteiger partial charge in [0.05, 0.1) is 16.0 Å². The molecule has 20 heavy (non-hydrogen) atoms. The van der Waals surface area contributed by atoms with Crippen LogP contribution in [-0.2, 0) is 10.0 Å². The van der Waals surface area contributed by atoms with E-state index < -0.39 is 27.0 Å². The van der Waals surface area contributed by atoms with Gasteiger partial charge in [0.15, 0.2) is 0 Å². The summed E-state index contributed by atoms with van der Waals surface area (Å²) in [7, 11) is -3.99. The molecule has 0 aliphatic carbocycles. The molecule has 0 aromatic heterocycles. The molecule has 0 spiro atoms. The van der Waals surface area contributed by atoms with Gasteiger partial charge in [-0.3, -0.25) is 0 Å². The largest absolute Gasteiger partial charge is 0.398 e. The van der Waals surface area contributed by atoms with Crippen molar-refractivity contribution in [3.05, 3.63) is 23.5 Å². The first-order valence-corrected chi connectivity index (χ1v) is 7.58. The van der Waals surface area contributed by atoms with E-state index >= 15 is 0 Å². The molecule has 1 rings (SSSR count). The number of sulfonamides is 1. The molecule has 1 aromatic rings. The Morgan fingerprint density at radius 1 is 1.25 bits per heavy atom. The lowest BCUT2D eigenvalue weighted by atomic mass is 9.87. The molecule has 0 unspecified atom stereocenters. The van der Waals surface area contributed by atoms with Gasteiger partial charge in [0.25, 0.3) is 0 Å². The topological polar surface area (TPSA) is 92.4 Å². The molecular formula is C13H21FN2O3S. The van der Waals surface area contributed by atoms with E-state index in [4.69, 9.17) is 5.73 Å². The van der Waals surface area contributed by atoms with E-state index in [2.05, 4.69) is 4.72 Å². The number of hydrogen-bond donors (Lipinski definition) is 3. The molecule has 7 heteroatoms. The first-order valence-electron chi connectivity index (χ1n) is 6.10. The maximum absolute atomic E-state index is 13.6. The minimum Gasteiger partial charge on any atom is -0.398 e. The SMILES string of the molecule is Cc1c(N)cc(S(=O)(=O)NC(C)(C)C(C)(C)O)cc1F. The molecule has 5 nitrogen and oxygen atoms in total. The van der Waals surface area contributed by atoms with Gasteiger partial charge in [-0.25, -0.2) is 17.5 Å². The lowest BCUT2D eigenvalue weighted by Crippen LogP contribution is -2.57. The van der Waals surface area contributed by atoms with Crippen LogP contribution in [0.25, 0.3) is 0 Å². The number of nitrogens with one attached hydrogen (secondary N) is 1. The maximum Gasteiger partial charge on any atom is 0.241 e. The van der Waals surface area contributed by atoms with Gasteiger partial charge in [-0.2, -0.15) is 0 Å². The average Bonchev–Trinajstić information content (AvgIpc) is 2.22. The van der Waals surface area contributed by atoms with Gasteiger partial charge in [0, 0.05) is 11.3 Å². The molecule has 0 saturated heterocycles. The highest BCUT2D eigenvalue weighted by Gasteiger charge is 2.39. The minimum atomic E-state index is -3.99. The van der Waals surface area contributed by atoms with Gasteiger partial charge in [0.1, 0.15) is 5.82 Å². The lowest BCUT2D eigenvalue weighted by Gasteiger charge is -2.37. The second kappa shape index (κ2) is 4.98. The van der Waals surface area contributed by atoms with Gasteiger partial charge in [-0.15, -0.1) is 0 Å². The molecule has 0 heterocycles. The zero-order valence-corrected chi connectivity index (χ0v) is 13.1. The standard InChI is InChI=1S/C13H21FN2O3S/c1-8-10(14)6-9(7-11(8)15)20(18,19)16-12(2,3)13(4,5)17/h6-7,16-17H,15H2,1-5H3. The van der Waals surface area contributed by atoms with Crippen molar-refractivity contribution in [1.82, 2.24) is 4.72 Å². The van der Waals surface area contributed by atoms with Crippen LogP contribution in [0.2, 0.25) is 0 Å². The van der Waals surface area contributed by atoms with Crippen molar-refractivity contribution in [3.8, 4) is 0 Å². The summed E-state index contributed by atoms with van der Waals surface area (Å²) in [6, 6.07) is 2.11. The van der Waals surface area contributed by atoms with Crippen molar-refractivity contribution in [3.63, 3.8) is 0 Å². The molecule has 0 aliphatic heterocycles. The Morgan fingerprint density at radius 2 is 1.75 bits per heavy atom. The Labute approximate surface area is 119 Å². The molecule has 0 atom stereocenters. The number of nitrogens with two attached hydrogens (primary N) is 1. The summed E-state index contributed by atoms with van der Waals surface area (Å²) in [5.41, 5.74) is 3.41. The van der Waals surface area contributed by atoms with Gasteiger partial charge in [-0.1, -0.05) is 0 Å². The Kier molecular flexibility index (Phi) is 4.20. The monoisotopic (exact) mass is 304 g/mol. The third-order valence-corrected chi connectivity index (χ3v) is 5.22. The molecule has 114 valence electrons. The van der Waals surface area contributed by atoms with Gasteiger partial charge < -0.3 is 10.8 Å².